The highest BCUT2D eigenvalue weighted by Crippen LogP contribution is 2.24. The molecule has 0 aromatic heterocycles. The summed E-state index contributed by atoms with van der Waals surface area (Å²) in [5.41, 5.74) is 1.66. The van der Waals surface area contributed by atoms with E-state index < -0.39 is 21.9 Å². The van der Waals surface area contributed by atoms with Gasteiger partial charge in [-0.2, -0.15) is 0 Å². The number of esters is 1. The van der Waals surface area contributed by atoms with E-state index in [1.54, 1.807) is 66.7 Å². The summed E-state index contributed by atoms with van der Waals surface area (Å²) in [7, 11) is -3.24. The molecule has 148 valence electrons. The third-order valence-electron chi connectivity index (χ3n) is 4.22. The summed E-state index contributed by atoms with van der Waals surface area (Å²) in [4.78, 5) is 25.8. The van der Waals surface area contributed by atoms with Crippen molar-refractivity contribution >= 4 is 21.6 Å². The molecule has 0 spiro atoms. The Morgan fingerprint density at radius 3 is 2.03 bits per heavy atom. The van der Waals surface area contributed by atoms with E-state index in [-0.39, 0.29) is 17.1 Å². The first kappa shape index (κ1) is 20.5. The van der Waals surface area contributed by atoms with Crippen molar-refractivity contribution in [1.29, 1.82) is 0 Å². The van der Waals surface area contributed by atoms with E-state index in [1.165, 1.54) is 12.1 Å². The van der Waals surface area contributed by atoms with Crippen LogP contribution in [-0.2, 0) is 20.3 Å². The van der Waals surface area contributed by atoms with E-state index in [0.29, 0.717) is 16.7 Å². The number of rotatable bonds is 7. The van der Waals surface area contributed by atoms with Crippen LogP contribution in [-0.4, -0.2) is 26.4 Å². The summed E-state index contributed by atoms with van der Waals surface area (Å²) < 4.78 is 28.6. The van der Waals surface area contributed by atoms with Crippen molar-refractivity contribution in [2.45, 2.75) is 11.9 Å². The lowest BCUT2D eigenvalue weighted by molar-refractivity contribution is 0.0280. The fraction of sp³-hybridized carbons (Fsp3) is 0.130. The van der Waals surface area contributed by atoms with Crippen LogP contribution in [0.1, 0.15) is 37.9 Å². The van der Waals surface area contributed by atoms with Crippen LogP contribution >= 0.6 is 0 Å². The lowest BCUT2D eigenvalue weighted by atomic mass is 9.99. The zero-order chi connectivity index (χ0) is 20.9. The number of ketones is 1. The molecule has 3 aromatic rings. The minimum Gasteiger partial charge on any atom is -0.445 e. The Bertz CT molecular complexity index is 1110. The van der Waals surface area contributed by atoms with Crippen LogP contribution in [0.3, 0.4) is 0 Å². The van der Waals surface area contributed by atoms with Gasteiger partial charge < -0.3 is 4.74 Å². The van der Waals surface area contributed by atoms with Gasteiger partial charge in [0.05, 0.1) is 11.3 Å². The van der Waals surface area contributed by atoms with Crippen molar-refractivity contribution in [3.8, 4) is 0 Å². The van der Waals surface area contributed by atoms with E-state index in [4.69, 9.17) is 4.74 Å². The van der Waals surface area contributed by atoms with Crippen molar-refractivity contribution in [2.24, 2.45) is 0 Å². The summed E-state index contributed by atoms with van der Waals surface area (Å²) >= 11 is 0. The molecule has 0 aliphatic carbocycles. The van der Waals surface area contributed by atoms with Crippen molar-refractivity contribution in [3.63, 3.8) is 0 Å². The third-order valence-corrected chi connectivity index (χ3v) is 5.07. The largest absolute Gasteiger partial charge is 0.445 e. The predicted molar refractivity (Wildman–Crippen MR) is 110 cm³/mol. The molecule has 0 saturated carbocycles. The van der Waals surface area contributed by atoms with E-state index in [0.717, 1.165) is 6.26 Å². The second kappa shape index (κ2) is 8.84. The predicted octanol–water partition coefficient (Wildman–Crippen LogP) is 4.01. The van der Waals surface area contributed by atoms with Gasteiger partial charge in [-0.1, -0.05) is 72.8 Å². The van der Waals surface area contributed by atoms with Gasteiger partial charge in [-0.05, 0) is 17.7 Å². The highest BCUT2D eigenvalue weighted by atomic mass is 32.2. The maximum atomic E-state index is 13.0. The average Bonchev–Trinajstić information content (AvgIpc) is 2.71. The maximum absolute atomic E-state index is 13.0. The smallest absolute Gasteiger partial charge is 0.339 e. The molecule has 3 aromatic carbocycles. The molecule has 0 heterocycles. The van der Waals surface area contributed by atoms with Crippen molar-refractivity contribution < 1.29 is 22.7 Å². The molecule has 0 aliphatic rings. The molecule has 0 aliphatic heterocycles. The Hall–Kier alpha value is -3.25. The highest BCUT2D eigenvalue weighted by Gasteiger charge is 2.26. The minimum absolute atomic E-state index is 0.181. The lowest BCUT2D eigenvalue weighted by Crippen LogP contribution is -2.20. The lowest BCUT2D eigenvalue weighted by Gasteiger charge is -2.18. The number of hydrogen-bond acceptors (Lipinski definition) is 5. The number of benzene rings is 3. The van der Waals surface area contributed by atoms with Gasteiger partial charge in [0.1, 0.15) is 0 Å². The van der Waals surface area contributed by atoms with Crippen LogP contribution in [0.4, 0.5) is 0 Å². The van der Waals surface area contributed by atoms with Gasteiger partial charge in [-0.3, -0.25) is 4.79 Å². The third kappa shape index (κ3) is 5.62. The number of carbonyl (C=O) groups excluding carboxylic acids is 2. The van der Waals surface area contributed by atoms with Gasteiger partial charge in [0.2, 0.25) is 5.78 Å². The van der Waals surface area contributed by atoms with Gasteiger partial charge in [0.25, 0.3) is 0 Å². The molecule has 0 amide bonds. The van der Waals surface area contributed by atoms with E-state index in [2.05, 4.69) is 0 Å². The molecule has 0 bridgehead atoms. The molecule has 3 rings (SSSR count). The van der Waals surface area contributed by atoms with Gasteiger partial charge in [-0.15, -0.1) is 0 Å². The second-order valence-electron chi connectivity index (χ2n) is 6.70. The molecule has 0 unspecified atom stereocenters. The molecule has 0 fully saturated rings. The highest BCUT2D eigenvalue weighted by molar-refractivity contribution is 7.89. The maximum Gasteiger partial charge on any atom is 0.339 e. The number of ether oxygens (including phenoxy) is 1. The number of hydrogen-bond donors (Lipinski definition) is 0. The van der Waals surface area contributed by atoms with Gasteiger partial charge in [0, 0.05) is 17.4 Å². The van der Waals surface area contributed by atoms with Crippen LogP contribution in [0, 0.1) is 0 Å². The zero-order valence-electron chi connectivity index (χ0n) is 15.8. The van der Waals surface area contributed by atoms with Gasteiger partial charge in [-0.25, -0.2) is 13.2 Å². The monoisotopic (exact) mass is 408 g/mol. The Balaban J connectivity index is 1.89. The minimum atomic E-state index is -3.24. The summed E-state index contributed by atoms with van der Waals surface area (Å²) in [6.07, 6.45) is 0.0201. The fourth-order valence-electron chi connectivity index (χ4n) is 2.92. The summed E-state index contributed by atoms with van der Waals surface area (Å²) in [5, 5.41) is 0. The first-order chi connectivity index (χ1) is 13.8. The summed E-state index contributed by atoms with van der Waals surface area (Å²) in [5.74, 6) is -1.21. The standard InChI is InChI=1S/C23H20O5S/c1-29(26,27)16-17-9-8-14-20(15-17)23(25)28-22(19-12-6-3-7-13-19)21(24)18-10-4-2-5-11-18/h2-15,22H,16H2,1H3/t22-/m1/s1. The van der Waals surface area contributed by atoms with Crippen LogP contribution in [0.25, 0.3) is 0 Å². The topological polar surface area (TPSA) is 77.5 Å². The van der Waals surface area contributed by atoms with Gasteiger partial charge >= 0.3 is 5.97 Å². The van der Waals surface area contributed by atoms with Crippen molar-refractivity contribution in [2.75, 3.05) is 6.26 Å². The molecule has 1 atom stereocenters. The number of carbonyl (C=O) groups is 2. The Labute approximate surface area is 169 Å². The molecule has 0 radical (unpaired) electrons. The SMILES string of the molecule is CS(=O)(=O)Cc1cccc(C(=O)O[C@@H](C(=O)c2ccccc2)c2ccccc2)c1. The average molecular weight is 408 g/mol. The molecular weight excluding hydrogens is 388 g/mol. The Kier molecular flexibility index (Phi) is 6.24. The normalized spacial score (nSPS) is 12.2. The van der Waals surface area contributed by atoms with Crippen LogP contribution in [0.15, 0.2) is 84.9 Å². The van der Waals surface area contributed by atoms with E-state index in [1.807, 2.05) is 6.07 Å². The van der Waals surface area contributed by atoms with Crippen LogP contribution < -0.4 is 0 Å². The second-order valence-corrected chi connectivity index (χ2v) is 8.84. The van der Waals surface area contributed by atoms with Crippen molar-refractivity contribution in [3.05, 3.63) is 107 Å². The number of Topliss-reactive ketones (excluding diaryl/α,β-unsaturated/α-hetero) is 1. The number of sulfone groups is 1. The van der Waals surface area contributed by atoms with E-state index >= 15 is 0 Å². The quantitative estimate of drug-likeness (QED) is 0.436. The molecule has 29 heavy (non-hydrogen) atoms. The molecule has 5 nitrogen and oxygen atoms in total. The van der Waals surface area contributed by atoms with Crippen LogP contribution in [0.2, 0.25) is 0 Å². The zero-order valence-corrected chi connectivity index (χ0v) is 16.6. The molecular formula is C23H20O5S. The Morgan fingerprint density at radius 1 is 0.828 bits per heavy atom. The Morgan fingerprint density at radius 2 is 1.41 bits per heavy atom. The van der Waals surface area contributed by atoms with Gasteiger partial charge in [0.15, 0.2) is 15.9 Å². The first-order valence-electron chi connectivity index (χ1n) is 8.95. The summed E-state index contributed by atoms with van der Waals surface area (Å²) in [6.45, 7) is 0. The summed E-state index contributed by atoms with van der Waals surface area (Å²) in [6, 6.07) is 23.6. The molecule has 6 heteroatoms. The van der Waals surface area contributed by atoms with E-state index in [9.17, 15) is 18.0 Å². The molecule has 0 N–H and O–H groups in total. The fourth-order valence-corrected chi connectivity index (χ4v) is 3.71. The molecule has 0 saturated heterocycles. The van der Waals surface area contributed by atoms with Crippen LogP contribution in [0.5, 0.6) is 0 Å². The van der Waals surface area contributed by atoms with Crippen molar-refractivity contribution in [1.82, 2.24) is 0 Å². The first-order valence-corrected chi connectivity index (χ1v) is 11.0.